The van der Waals surface area contributed by atoms with E-state index in [0.717, 1.165) is 21.4 Å². The van der Waals surface area contributed by atoms with E-state index in [1.807, 2.05) is 44.2 Å². The summed E-state index contributed by atoms with van der Waals surface area (Å²) in [5, 5.41) is 7.64. The van der Waals surface area contributed by atoms with Gasteiger partial charge in [-0.15, -0.1) is 0 Å². The van der Waals surface area contributed by atoms with Gasteiger partial charge in [0, 0.05) is 22.3 Å². The van der Waals surface area contributed by atoms with Crippen LogP contribution in [0.15, 0.2) is 59.4 Å². The van der Waals surface area contributed by atoms with Crippen LogP contribution in [0.5, 0.6) is 0 Å². The molecule has 0 radical (unpaired) electrons. The predicted octanol–water partition coefficient (Wildman–Crippen LogP) is 3.82. The topological polar surface area (TPSA) is 64.0 Å². The van der Waals surface area contributed by atoms with Crippen LogP contribution in [0.25, 0.3) is 11.3 Å². The summed E-state index contributed by atoms with van der Waals surface area (Å²) in [6, 6.07) is 16.1. The first-order valence-electron chi connectivity index (χ1n) is 8.14. The molecule has 1 N–H and O–H groups in total. The van der Waals surface area contributed by atoms with Crippen molar-refractivity contribution in [3.05, 3.63) is 81.1 Å². The molecule has 0 aliphatic heterocycles. The molecule has 5 nitrogen and oxygen atoms in total. The maximum absolute atomic E-state index is 12.3. The van der Waals surface area contributed by atoms with Crippen molar-refractivity contribution >= 4 is 23.2 Å². The van der Waals surface area contributed by atoms with Gasteiger partial charge in [-0.25, -0.2) is 4.68 Å². The molecule has 0 saturated carbocycles. The number of carbonyl (C=O) groups excluding carboxylic acids is 1. The van der Waals surface area contributed by atoms with E-state index >= 15 is 0 Å². The van der Waals surface area contributed by atoms with Crippen molar-refractivity contribution in [3.8, 4) is 11.3 Å². The Kier molecular flexibility index (Phi) is 5.19. The summed E-state index contributed by atoms with van der Waals surface area (Å²) in [6.07, 6.45) is 0. The molecule has 1 heterocycles. The van der Waals surface area contributed by atoms with Gasteiger partial charge in [0.15, 0.2) is 0 Å². The fourth-order valence-electron chi connectivity index (χ4n) is 2.57. The van der Waals surface area contributed by atoms with Crippen LogP contribution in [0.1, 0.15) is 11.1 Å². The zero-order chi connectivity index (χ0) is 18.7. The van der Waals surface area contributed by atoms with Crippen LogP contribution < -0.4 is 10.9 Å². The molecule has 0 aliphatic rings. The van der Waals surface area contributed by atoms with Crippen LogP contribution in [0, 0.1) is 13.8 Å². The minimum Gasteiger partial charge on any atom is -0.324 e. The molecule has 132 valence electrons. The number of halogens is 1. The average Bonchev–Trinajstić information content (AvgIpc) is 2.61. The normalized spacial score (nSPS) is 10.6. The zero-order valence-electron chi connectivity index (χ0n) is 14.5. The summed E-state index contributed by atoms with van der Waals surface area (Å²) in [6.45, 7) is 3.68. The zero-order valence-corrected chi connectivity index (χ0v) is 15.2. The maximum Gasteiger partial charge on any atom is 0.267 e. The molecule has 3 aromatic rings. The van der Waals surface area contributed by atoms with Crippen molar-refractivity contribution in [2.45, 2.75) is 20.4 Å². The number of hydrogen-bond donors (Lipinski definition) is 1. The van der Waals surface area contributed by atoms with Crippen molar-refractivity contribution in [3.63, 3.8) is 0 Å². The third kappa shape index (κ3) is 4.00. The Balaban J connectivity index is 1.82. The number of carbonyl (C=O) groups is 1. The molecule has 1 amide bonds. The van der Waals surface area contributed by atoms with E-state index < -0.39 is 0 Å². The fourth-order valence-corrected chi connectivity index (χ4v) is 2.75. The first-order valence-corrected chi connectivity index (χ1v) is 8.52. The lowest BCUT2D eigenvalue weighted by Gasteiger charge is -2.10. The number of aromatic nitrogens is 2. The fraction of sp³-hybridized carbons (Fsp3) is 0.150. The number of nitrogens with one attached hydrogen (secondary N) is 1. The summed E-state index contributed by atoms with van der Waals surface area (Å²) in [5.74, 6) is -0.346. The van der Waals surface area contributed by atoms with Gasteiger partial charge in [-0.1, -0.05) is 41.9 Å². The molecule has 0 saturated heterocycles. The molecular formula is C20H18ClN3O2. The monoisotopic (exact) mass is 367 g/mol. The summed E-state index contributed by atoms with van der Waals surface area (Å²) in [5.41, 5.74) is 3.78. The quantitative estimate of drug-likeness (QED) is 0.762. The van der Waals surface area contributed by atoms with E-state index in [9.17, 15) is 9.59 Å². The Morgan fingerprint density at radius 2 is 1.85 bits per heavy atom. The summed E-state index contributed by atoms with van der Waals surface area (Å²) in [7, 11) is 0. The van der Waals surface area contributed by atoms with Gasteiger partial charge in [0.1, 0.15) is 6.54 Å². The molecule has 0 fully saturated rings. The van der Waals surface area contributed by atoms with Gasteiger partial charge < -0.3 is 5.32 Å². The molecule has 0 aliphatic carbocycles. The standard InChI is InChI=1S/C20H18ClN3O2/c1-13-5-3-4-6-16(13)18-9-10-20(26)24(23-18)12-19(25)22-15-8-7-14(2)17(21)11-15/h3-11H,12H2,1-2H3,(H,22,25). The summed E-state index contributed by atoms with van der Waals surface area (Å²) < 4.78 is 1.16. The van der Waals surface area contributed by atoms with Gasteiger partial charge in [0.2, 0.25) is 5.91 Å². The van der Waals surface area contributed by atoms with Crippen molar-refractivity contribution in [2.75, 3.05) is 5.32 Å². The minimum absolute atomic E-state index is 0.177. The average molecular weight is 368 g/mol. The van der Waals surface area contributed by atoms with Crippen LogP contribution >= 0.6 is 11.6 Å². The van der Waals surface area contributed by atoms with E-state index in [4.69, 9.17) is 11.6 Å². The van der Waals surface area contributed by atoms with Gasteiger partial charge in [-0.3, -0.25) is 9.59 Å². The number of nitrogens with zero attached hydrogens (tertiary/aromatic N) is 2. The van der Waals surface area contributed by atoms with E-state index in [1.54, 1.807) is 18.2 Å². The SMILES string of the molecule is Cc1ccc(NC(=O)Cn2nc(-c3ccccc3C)ccc2=O)cc1Cl. The molecule has 3 rings (SSSR count). The van der Waals surface area contributed by atoms with E-state index in [1.165, 1.54) is 6.07 Å². The van der Waals surface area contributed by atoms with Crippen LogP contribution in [0.2, 0.25) is 5.02 Å². The second kappa shape index (κ2) is 7.54. The molecule has 0 atom stereocenters. The van der Waals surface area contributed by atoms with E-state index in [2.05, 4.69) is 10.4 Å². The first-order chi connectivity index (χ1) is 12.4. The molecule has 0 bridgehead atoms. The van der Waals surface area contributed by atoms with Crippen molar-refractivity contribution in [1.29, 1.82) is 0 Å². The molecule has 0 unspecified atom stereocenters. The third-order valence-corrected chi connectivity index (χ3v) is 4.44. The Bertz CT molecular complexity index is 1030. The Morgan fingerprint density at radius 3 is 2.58 bits per heavy atom. The second-order valence-electron chi connectivity index (χ2n) is 6.04. The largest absolute Gasteiger partial charge is 0.324 e. The van der Waals surface area contributed by atoms with Gasteiger partial charge >= 0.3 is 0 Å². The highest BCUT2D eigenvalue weighted by molar-refractivity contribution is 6.31. The number of benzene rings is 2. The number of aryl methyl sites for hydroxylation is 2. The lowest BCUT2D eigenvalue weighted by molar-refractivity contribution is -0.117. The van der Waals surface area contributed by atoms with Crippen LogP contribution in [0.3, 0.4) is 0 Å². The molecular weight excluding hydrogens is 350 g/mol. The van der Waals surface area contributed by atoms with Crippen LogP contribution in [-0.2, 0) is 11.3 Å². The number of hydrogen-bond acceptors (Lipinski definition) is 3. The highest BCUT2D eigenvalue weighted by atomic mass is 35.5. The molecule has 1 aromatic heterocycles. The number of anilines is 1. The molecule has 26 heavy (non-hydrogen) atoms. The van der Waals surface area contributed by atoms with Crippen LogP contribution in [0.4, 0.5) is 5.69 Å². The Hall–Kier alpha value is -2.92. The highest BCUT2D eigenvalue weighted by Gasteiger charge is 2.10. The van der Waals surface area contributed by atoms with Gasteiger partial charge in [0.05, 0.1) is 5.69 Å². The number of rotatable bonds is 4. The Morgan fingerprint density at radius 1 is 1.08 bits per heavy atom. The van der Waals surface area contributed by atoms with Crippen LogP contribution in [-0.4, -0.2) is 15.7 Å². The van der Waals surface area contributed by atoms with Gasteiger partial charge in [0.25, 0.3) is 5.56 Å². The third-order valence-electron chi connectivity index (χ3n) is 4.04. The molecule has 0 spiro atoms. The van der Waals surface area contributed by atoms with E-state index in [0.29, 0.717) is 16.4 Å². The highest BCUT2D eigenvalue weighted by Crippen LogP contribution is 2.21. The smallest absolute Gasteiger partial charge is 0.267 e. The summed E-state index contributed by atoms with van der Waals surface area (Å²) >= 11 is 6.07. The number of amides is 1. The second-order valence-corrected chi connectivity index (χ2v) is 6.45. The van der Waals surface area contributed by atoms with E-state index in [-0.39, 0.29) is 18.0 Å². The lowest BCUT2D eigenvalue weighted by atomic mass is 10.1. The first kappa shape index (κ1) is 17.9. The van der Waals surface area contributed by atoms with Crippen molar-refractivity contribution in [1.82, 2.24) is 9.78 Å². The lowest BCUT2D eigenvalue weighted by Crippen LogP contribution is -2.29. The van der Waals surface area contributed by atoms with Gasteiger partial charge in [-0.2, -0.15) is 5.10 Å². The molecule has 6 heteroatoms. The maximum atomic E-state index is 12.3. The van der Waals surface area contributed by atoms with Gasteiger partial charge in [-0.05, 0) is 43.2 Å². The predicted molar refractivity (Wildman–Crippen MR) is 103 cm³/mol. The molecule has 2 aromatic carbocycles. The minimum atomic E-state index is -0.346. The Labute approximate surface area is 156 Å². The summed E-state index contributed by atoms with van der Waals surface area (Å²) in [4.78, 5) is 24.4. The van der Waals surface area contributed by atoms with Crippen molar-refractivity contribution in [2.24, 2.45) is 0 Å². The van der Waals surface area contributed by atoms with Crippen molar-refractivity contribution < 1.29 is 4.79 Å².